The minimum atomic E-state index is -0.204. The standard InChI is InChI=1S/C19H26N2O2S/c1-18(2,3)12-8-11(9-13(15(12)22)19(4,5)6)10-14-16(23)21-17(20-14)24-7/h8-10,22H,1-7H3,(H,20,21,23)/b14-10-. The lowest BCUT2D eigenvalue weighted by molar-refractivity contribution is -0.115. The molecule has 0 saturated heterocycles. The van der Waals surface area contributed by atoms with Crippen molar-refractivity contribution in [3.63, 3.8) is 0 Å². The first-order valence-electron chi connectivity index (χ1n) is 7.97. The number of rotatable bonds is 1. The molecule has 1 aromatic rings. The highest BCUT2D eigenvalue weighted by molar-refractivity contribution is 8.13. The molecule has 1 aliphatic heterocycles. The number of thioether (sulfide) groups is 1. The zero-order valence-corrected chi connectivity index (χ0v) is 16.3. The summed E-state index contributed by atoms with van der Waals surface area (Å²) >= 11 is 1.40. The van der Waals surface area contributed by atoms with Gasteiger partial charge in [-0.1, -0.05) is 53.3 Å². The van der Waals surface area contributed by atoms with Crippen LogP contribution in [0.5, 0.6) is 5.75 Å². The number of phenols is 1. The number of nitrogens with one attached hydrogen (secondary N) is 1. The van der Waals surface area contributed by atoms with Gasteiger partial charge < -0.3 is 5.11 Å². The van der Waals surface area contributed by atoms with Gasteiger partial charge in [0, 0.05) is 11.1 Å². The van der Waals surface area contributed by atoms with Gasteiger partial charge in [0.1, 0.15) is 11.4 Å². The molecule has 2 rings (SSSR count). The Labute approximate surface area is 148 Å². The molecule has 4 nitrogen and oxygen atoms in total. The third-order valence-electron chi connectivity index (χ3n) is 3.92. The molecule has 5 heteroatoms. The SMILES string of the molecule is CSC1=N/C(=C\c2cc(C(C)(C)C)c(O)c(C(C)(C)C)c2)C(=O)N1. The number of nitrogens with zero attached hydrogens (tertiary/aromatic N) is 1. The molecule has 1 heterocycles. The number of phenolic OH excluding ortho intramolecular Hbond substituents is 1. The lowest BCUT2D eigenvalue weighted by Gasteiger charge is -2.27. The molecule has 0 aliphatic carbocycles. The van der Waals surface area contributed by atoms with E-state index in [2.05, 4.69) is 51.9 Å². The summed E-state index contributed by atoms with van der Waals surface area (Å²) in [7, 11) is 0. The van der Waals surface area contributed by atoms with Gasteiger partial charge in [-0.2, -0.15) is 0 Å². The molecule has 0 aromatic heterocycles. The largest absolute Gasteiger partial charge is 0.507 e. The van der Waals surface area contributed by atoms with Crippen LogP contribution < -0.4 is 5.32 Å². The van der Waals surface area contributed by atoms with E-state index in [1.807, 2.05) is 18.4 Å². The zero-order valence-electron chi connectivity index (χ0n) is 15.4. The van der Waals surface area contributed by atoms with E-state index in [1.54, 1.807) is 6.08 Å². The van der Waals surface area contributed by atoms with E-state index in [-0.39, 0.29) is 16.7 Å². The normalized spacial score (nSPS) is 17.2. The fourth-order valence-electron chi connectivity index (χ4n) is 2.59. The van der Waals surface area contributed by atoms with Crippen molar-refractivity contribution in [3.8, 4) is 5.75 Å². The molecule has 0 radical (unpaired) electrons. The minimum Gasteiger partial charge on any atom is -0.507 e. The van der Waals surface area contributed by atoms with Gasteiger partial charge in [0.25, 0.3) is 5.91 Å². The number of amidine groups is 1. The lowest BCUT2D eigenvalue weighted by atomic mass is 9.78. The summed E-state index contributed by atoms with van der Waals surface area (Å²) in [5.74, 6) is 0.142. The lowest BCUT2D eigenvalue weighted by Crippen LogP contribution is -2.21. The molecule has 0 fully saturated rings. The van der Waals surface area contributed by atoms with Gasteiger partial charge in [-0.15, -0.1) is 0 Å². The molecule has 0 saturated carbocycles. The maximum absolute atomic E-state index is 12.0. The van der Waals surface area contributed by atoms with Crippen molar-refractivity contribution in [2.45, 2.75) is 52.4 Å². The first-order chi connectivity index (χ1) is 10.9. The molecule has 0 spiro atoms. The molecule has 1 amide bonds. The Balaban J connectivity index is 2.64. The predicted octanol–water partition coefficient (Wildman–Crippen LogP) is 4.18. The van der Waals surface area contributed by atoms with Crippen LogP contribution >= 0.6 is 11.8 Å². The van der Waals surface area contributed by atoms with E-state index in [1.165, 1.54) is 11.8 Å². The monoisotopic (exact) mass is 346 g/mol. The molecule has 0 atom stereocenters. The van der Waals surface area contributed by atoms with Crippen molar-refractivity contribution < 1.29 is 9.90 Å². The van der Waals surface area contributed by atoms with E-state index < -0.39 is 0 Å². The molecule has 1 aliphatic rings. The number of aromatic hydroxyl groups is 1. The Morgan fingerprint density at radius 1 is 1.08 bits per heavy atom. The number of amides is 1. The van der Waals surface area contributed by atoms with E-state index in [0.717, 1.165) is 16.7 Å². The van der Waals surface area contributed by atoms with Crippen LogP contribution in [0.1, 0.15) is 58.2 Å². The van der Waals surface area contributed by atoms with Gasteiger partial charge in [0.15, 0.2) is 5.17 Å². The third kappa shape index (κ3) is 3.83. The van der Waals surface area contributed by atoms with Crippen LogP contribution in [0.25, 0.3) is 6.08 Å². The van der Waals surface area contributed by atoms with Gasteiger partial charge in [-0.05, 0) is 40.9 Å². The van der Waals surface area contributed by atoms with Crippen LogP contribution in [0.4, 0.5) is 0 Å². The van der Waals surface area contributed by atoms with Crippen molar-refractivity contribution in [3.05, 3.63) is 34.5 Å². The maximum Gasteiger partial charge on any atom is 0.275 e. The Morgan fingerprint density at radius 3 is 1.96 bits per heavy atom. The van der Waals surface area contributed by atoms with Crippen LogP contribution in [-0.2, 0) is 15.6 Å². The van der Waals surface area contributed by atoms with Crippen LogP contribution in [0.3, 0.4) is 0 Å². The smallest absolute Gasteiger partial charge is 0.275 e. The highest BCUT2D eigenvalue weighted by Crippen LogP contribution is 2.40. The predicted molar refractivity (Wildman–Crippen MR) is 103 cm³/mol. The van der Waals surface area contributed by atoms with Crippen molar-refractivity contribution >= 4 is 28.9 Å². The Morgan fingerprint density at radius 2 is 1.58 bits per heavy atom. The first kappa shape index (κ1) is 18.6. The summed E-state index contributed by atoms with van der Waals surface area (Å²) in [6, 6.07) is 3.88. The molecular weight excluding hydrogens is 320 g/mol. The third-order valence-corrected chi connectivity index (χ3v) is 4.50. The van der Waals surface area contributed by atoms with Crippen molar-refractivity contribution in [1.29, 1.82) is 0 Å². The van der Waals surface area contributed by atoms with Crippen molar-refractivity contribution in [1.82, 2.24) is 5.32 Å². The number of aliphatic imine (C=N–C) groups is 1. The second kappa shape index (κ2) is 6.28. The summed E-state index contributed by atoms with van der Waals surface area (Å²) in [6.45, 7) is 12.4. The van der Waals surface area contributed by atoms with Crippen LogP contribution in [0.2, 0.25) is 0 Å². The highest BCUT2D eigenvalue weighted by Gasteiger charge is 2.27. The van der Waals surface area contributed by atoms with Gasteiger partial charge in [0.2, 0.25) is 0 Å². The highest BCUT2D eigenvalue weighted by atomic mass is 32.2. The Bertz CT molecular complexity index is 700. The Kier molecular flexibility index (Phi) is 4.86. The summed E-state index contributed by atoms with van der Waals surface area (Å²) < 4.78 is 0. The summed E-state index contributed by atoms with van der Waals surface area (Å²) in [6.07, 6.45) is 3.65. The van der Waals surface area contributed by atoms with Crippen LogP contribution in [0.15, 0.2) is 22.8 Å². The van der Waals surface area contributed by atoms with Crippen molar-refractivity contribution in [2.24, 2.45) is 4.99 Å². The molecule has 24 heavy (non-hydrogen) atoms. The van der Waals surface area contributed by atoms with Crippen molar-refractivity contribution in [2.75, 3.05) is 6.26 Å². The molecule has 2 N–H and O–H groups in total. The van der Waals surface area contributed by atoms with Gasteiger partial charge in [-0.3, -0.25) is 10.1 Å². The molecular formula is C19H26N2O2S. The van der Waals surface area contributed by atoms with Crippen LogP contribution in [0, 0.1) is 0 Å². The van der Waals surface area contributed by atoms with Crippen LogP contribution in [-0.4, -0.2) is 22.4 Å². The average Bonchev–Trinajstić information content (AvgIpc) is 2.78. The van der Waals surface area contributed by atoms with Gasteiger partial charge in [-0.25, -0.2) is 4.99 Å². The second-order valence-electron chi connectivity index (χ2n) is 8.07. The van der Waals surface area contributed by atoms with Gasteiger partial charge >= 0.3 is 0 Å². The Hall–Kier alpha value is -1.75. The average molecular weight is 346 g/mol. The fraction of sp³-hybridized carbons (Fsp3) is 0.474. The molecule has 0 unspecified atom stereocenters. The van der Waals surface area contributed by atoms with E-state index in [4.69, 9.17) is 0 Å². The summed E-state index contributed by atoms with van der Waals surface area (Å²) in [5, 5.41) is 14.1. The number of carbonyl (C=O) groups is 1. The molecule has 1 aromatic carbocycles. The second-order valence-corrected chi connectivity index (χ2v) is 8.86. The topological polar surface area (TPSA) is 61.7 Å². The van der Waals surface area contributed by atoms with Gasteiger partial charge in [0.05, 0.1) is 0 Å². The number of hydrogen-bond acceptors (Lipinski definition) is 4. The summed E-state index contributed by atoms with van der Waals surface area (Å²) in [4.78, 5) is 16.3. The van der Waals surface area contributed by atoms with E-state index in [0.29, 0.717) is 16.6 Å². The molecule has 130 valence electrons. The number of carbonyl (C=O) groups excluding carboxylic acids is 1. The fourth-order valence-corrected chi connectivity index (χ4v) is 2.97. The van der Waals surface area contributed by atoms with E-state index in [9.17, 15) is 9.90 Å². The summed E-state index contributed by atoms with van der Waals surface area (Å²) in [5.41, 5.74) is 2.60. The number of hydrogen-bond donors (Lipinski definition) is 2. The minimum absolute atomic E-state index is 0.193. The quantitative estimate of drug-likeness (QED) is 0.750. The molecule has 0 bridgehead atoms. The van der Waals surface area contributed by atoms with E-state index >= 15 is 0 Å². The maximum atomic E-state index is 12.0. The zero-order chi connectivity index (χ0) is 18.3. The number of benzene rings is 1. The first-order valence-corrected chi connectivity index (χ1v) is 9.19.